The molecular formula is C14H21N3O. The van der Waals surface area contributed by atoms with Gasteiger partial charge in [-0.2, -0.15) is 0 Å². The van der Waals surface area contributed by atoms with Gasteiger partial charge in [0.1, 0.15) is 6.04 Å². The minimum absolute atomic E-state index is 0.0655. The molecule has 1 aromatic rings. The second-order valence-electron chi connectivity index (χ2n) is 4.81. The molecule has 0 aliphatic carbocycles. The van der Waals surface area contributed by atoms with Gasteiger partial charge < -0.3 is 16.0 Å². The first kappa shape index (κ1) is 12.7. The number of hydrogen-bond donors (Lipinski definition) is 2. The Bertz CT molecular complexity index is 445. The summed E-state index contributed by atoms with van der Waals surface area (Å²) < 4.78 is 0. The van der Waals surface area contributed by atoms with E-state index in [0.717, 1.165) is 42.7 Å². The highest BCUT2D eigenvalue weighted by Crippen LogP contribution is 2.30. The van der Waals surface area contributed by atoms with E-state index in [2.05, 4.69) is 10.2 Å². The van der Waals surface area contributed by atoms with E-state index in [9.17, 15) is 4.79 Å². The van der Waals surface area contributed by atoms with Crippen LogP contribution in [0.25, 0.3) is 0 Å². The summed E-state index contributed by atoms with van der Waals surface area (Å²) in [6, 6.07) is 5.84. The zero-order chi connectivity index (χ0) is 13.1. The molecule has 2 rings (SSSR count). The van der Waals surface area contributed by atoms with Gasteiger partial charge in [0.15, 0.2) is 0 Å². The van der Waals surface area contributed by atoms with Crippen molar-refractivity contribution in [1.29, 1.82) is 0 Å². The number of nitrogens with zero attached hydrogens (tertiary/aromatic N) is 1. The molecule has 1 aliphatic heterocycles. The van der Waals surface area contributed by atoms with E-state index in [0.29, 0.717) is 0 Å². The van der Waals surface area contributed by atoms with Crippen LogP contribution < -0.4 is 16.0 Å². The number of likely N-dealkylation sites (N-methyl/N-ethyl adjacent to an activating group) is 1. The molecule has 1 aliphatic rings. The fourth-order valence-corrected chi connectivity index (χ4v) is 2.61. The maximum atomic E-state index is 12.0. The summed E-state index contributed by atoms with van der Waals surface area (Å²) >= 11 is 0. The molecule has 0 bridgehead atoms. The van der Waals surface area contributed by atoms with E-state index >= 15 is 0 Å². The number of carbonyl (C=O) groups excluding carboxylic acids is 1. The number of nitrogen functional groups attached to an aromatic ring is 1. The Morgan fingerprint density at radius 3 is 2.94 bits per heavy atom. The van der Waals surface area contributed by atoms with Gasteiger partial charge in [-0.25, -0.2) is 0 Å². The molecule has 4 nitrogen and oxygen atoms in total. The van der Waals surface area contributed by atoms with Crippen molar-refractivity contribution in [2.24, 2.45) is 0 Å². The van der Waals surface area contributed by atoms with Crippen LogP contribution in [0.1, 0.15) is 24.8 Å². The molecule has 98 valence electrons. The van der Waals surface area contributed by atoms with Crippen LogP contribution >= 0.6 is 0 Å². The summed E-state index contributed by atoms with van der Waals surface area (Å²) in [4.78, 5) is 14.2. The summed E-state index contributed by atoms with van der Waals surface area (Å²) in [6.07, 6.45) is 3.14. The minimum Gasteiger partial charge on any atom is -0.398 e. The Balaban J connectivity index is 2.34. The van der Waals surface area contributed by atoms with E-state index in [1.165, 1.54) is 0 Å². The molecule has 0 radical (unpaired) electrons. The predicted molar refractivity (Wildman–Crippen MR) is 74.6 cm³/mol. The molecule has 18 heavy (non-hydrogen) atoms. The fourth-order valence-electron chi connectivity index (χ4n) is 2.61. The summed E-state index contributed by atoms with van der Waals surface area (Å²) in [5.74, 6) is 0.0940. The van der Waals surface area contributed by atoms with Crippen molar-refractivity contribution < 1.29 is 4.79 Å². The number of hydrogen-bond acceptors (Lipinski definition) is 3. The quantitative estimate of drug-likeness (QED) is 0.782. The maximum absolute atomic E-state index is 12.0. The number of carbonyl (C=O) groups is 1. The van der Waals surface area contributed by atoms with Crippen LogP contribution in [0.5, 0.6) is 0 Å². The molecule has 1 unspecified atom stereocenters. The Kier molecular flexibility index (Phi) is 3.75. The third kappa shape index (κ3) is 2.28. The van der Waals surface area contributed by atoms with Crippen molar-refractivity contribution in [3.63, 3.8) is 0 Å². The second-order valence-corrected chi connectivity index (χ2v) is 4.81. The number of nitrogens with one attached hydrogen (secondary N) is 1. The van der Waals surface area contributed by atoms with Crippen LogP contribution in [-0.4, -0.2) is 25.5 Å². The highest BCUT2D eigenvalue weighted by atomic mass is 16.2. The standard InChI is InChI=1S/C14H21N3O/c1-10-11(15)6-5-8-12(10)17-9-4-3-7-13(17)14(18)16-2/h5-6,8,13H,3-4,7,9,15H2,1-2H3,(H,16,18). The molecule has 1 fully saturated rings. The van der Waals surface area contributed by atoms with E-state index in [1.807, 2.05) is 25.1 Å². The van der Waals surface area contributed by atoms with Gasteiger partial charge in [0, 0.05) is 25.0 Å². The average molecular weight is 247 g/mol. The van der Waals surface area contributed by atoms with E-state index in [4.69, 9.17) is 5.73 Å². The molecule has 0 saturated carbocycles. The van der Waals surface area contributed by atoms with E-state index < -0.39 is 0 Å². The number of amides is 1. The average Bonchev–Trinajstić information content (AvgIpc) is 2.41. The number of nitrogens with two attached hydrogens (primary N) is 1. The van der Waals surface area contributed by atoms with Gasteiger partial charge in [-0.05, 0) is 43.9 Å². The fraction of sp³-hybridized carbons (Fsp3) is 0.500. The van der Waals surface area contributed by atoms with Gasteiger partial charge in [0.2, 0.25) is 5.91 Å². The lowest BCUT2D eigenvalue weighted by Crippen LogP contribution is -2.49. The van der Waals surface area contributed by atoms with Crippen LogP contribution in [0.15, 0.2) is 18.2 Å². The first-order valence-electron chi connectivity index (χ1n) is 6.48. The topological polar surface area (TPSA) is 58.4 Å². The van der Waals surface area contributed by atoms with E-state index in [-0.39, 0.29) is 11.9 Å². The maximum Gasteiger partial charge on any atom is 0.242 e. The first-order chi connectivity index (χ1) is 8.65. The van der Waals surface area contributed by atoms with Gasteiger partial charge in [0.25, 0.3) is 0 Å². The predicted octanol–water partition coefficient (Wildman–Crippen LogP) is 1.68. The summed E-state index contributed by atoms with van der Waals surface area (Å²) in [5, 5.41) is 2.76. The summed E-state index contributed by atoms with van der Waals surface area (Å²) in [7, 11) is 1.70. The third-order valence-corrected chi connectivity index (χ3v) is 3.71. The van der Waals surface area contributed by atoms with Crippen molar-refractivity contribution in [3.05, 3.63) is 23.8 Å². The van der Waals surface area contributed by atoms with Crippen LogP contribution in [0.2, 0.25) is 0 Å². The van der Waals surface area contributed by atoms with Crippen molar-refractivity contribution >= 4 is 17.3 Å². The molecule has 0 aromatic heterocycles. The Morgan fingerprint density at radius 1 is 1.44 bits per heavy atom. The first-order valence-corrected chi connectivity index (χ1v) is 6.48. The summed E-state index contributed by atoms with van der Waals surface area (Å²) in [6.45, 7) is 2.93. The summed E-state index contributed by atoms with van der Waals surface area (Å²) in [5.41, 5.74) is 8.89. The van der Waals surface area contributed by atoms with Crippen molar-refractivity contribution in [2.45, 2.75) is 32.2 Å². The molecular weight excluding hydrogens is 226 g/mol. The highest BCUT2D eigenvalue weighted by Gasteiger charge is 2.29. The molecule has 1 atom stereocenters. The number of piperidine rings is 1. The monoisotopic (exact) mass is 247 g/mol. The minimum atomic E-state index is -0.0655. The lowest BCUT2D eigenvalue weighted by Gasteiger charge is -2.37. The Labute approximate surface area is 108 Å². The highest BCUT2D eigenvalue weighted by molar-refractivity contribution is 5.86. The number of rotatable bonds is 2. The van der Waals surface area contributed by atoms with E-state index in [1.54, 1.807) is 7.05 Å². The van der Waals surface area contributed by atoms with Gasteiger partial charge in [0.05, 0.1) is 0 Å². The van der Waals surface area contributed by atoms with Crippen molar-refractivity contribution in [2.75, 3.05) is 24.2 Å². The second kappa shape index (κ2) is 5.29. The smallest absolute Gasteiger partial charge is 0.242 e. The molecule has 0 spiro atoms. The van der Waals surface area contributed by atoms with Crippen molar-refractivity contribution in [3.8, 4) is 0 Å². The Hall–Kier alpha value is -1.71. The molecule has 1 saturated heterocycles. The van der Waals surface area contributed by atoms with Crippen molar-refractivity contribution in [1.82, 2.24) is 5.32 Å². The number of benzene rings is 1. The molecule has 1 aromatic carbocycles. The Morgan fingerprint density at radius 2 is 2.22 bits per heavy atom. The largest absolute Gasteiger partial charge is 0.398 e. The normalized spacial score (nSPS) is 19.7. The zero-order valence-corrected chi connectivity index (χ0v) is 11.1. The molecule has 3 N–H and O–H groups in total. The SMILES string of the molecule is CNC(=O)C1CCCCN1c1cccc(N)c1C. The van der Waals surface area contributed by atoms with Crippen LogP contribution in [-0.2, 0) is 4.79 Å². The number of anilines is 2. The molecule has 1 amide bonds. The lowest BCUT2D eigenvalue weighted by molar-refractivity contribution is -0.122. The van der Waals surface area contributed by atoms with Gasteiger partial charge in [-0.1, -0.05) is 6.07 Å². The van der Waals surface area contributed by atoms with Gasteiger partial charge in [-0.3, -0.25) is 4.79 Å². The van der Waals surface area contributed by atoms with Gasteiger partial charge in [-0.15, -0.1) is 0 Å². The zero-order valence-electron chi connectivity index (χ0n) is 11.1. The molecule has 4 heteroatoms. The van der Waals surface area contributed by atoms with Gasteiger partial charge >= 0.3 is 0 Å². The lowest BCUT2D eigenvalue weighted by atomic mass is 9.99. The molecule has 1 heterocycles. The van der Waals surface area contributed by atoms with Crippen LogP contribution in [0.3, 0.4) is 0 Å². The van der Waals surface area contributed by atoms with Crippen LogP contribution in [0, 0.1) is 6.92 Å². The van der Waals surface area contributed by atoms with Crippen LogP contribution in [0.4, 0.5) is 11.4 Å². The third-order valence-electron chi connectivity index (χ3n) is 3.71.